The standard InChI is InChI=1S/C22H34N4O2/c27-21(15-18-7-2-1-3-8-18)25-16-22(28)26(17-19-9-4-5-13-24-19)20-10-6-12-23-14-11-20/h4-5,9,13,18,20,23H,1-3,6-8,10-12,14-17H2,(H,25,27). The van der Waals surface area contributed by atoms with Gasteiger partial charge in [0.25, 0.3) is 0 Å². The molecular weight excluding hydrogens is 352 g/mol. The highest BCUT2D eigenvalue weighted by Gasteiger charge is 2.26. The molecule has 1 aliphatic carbocycles. The van der Waals surface area contributed by atoms with E-state index in [2.05, 4.69) is 15.6 Å². The number of aromatic nitrogens is 1. The average Bonchev–Trinajstić information content (AvgIpc) is 3.01. The summed E-state index contributed by atoms with van der Waals surface area (Å²) in [7, 11) is 0. The minimum Gasteiger partial charge on any atom is -0.347 e. The molecule has 3 rings (SSSR count). The van der Waals surface area contributed by atoms with E-state index in [0.29, 0.717) is 18.9 Å². The maximum atomic E-state index is 13.0. The van der Waals surface area contributed by atoms with E-state index in [4.69, 9.17) is 0 Å². The second-order valence-electron chi connectivity index (χ2n) is 8.16. The van der Waals surface area contributed by atoms with Gasteiger partial charge in [0.2, 0.25) is 11.8 Å². The summed E-state index contributed by atoms with van der Waals surface area (Å²) in [4.78, 5) is 31.7. The number of carbonyl (C=O) groups excluding carboxylic acids is 2. The van der Waals surface area contributed by atoms with Crippen LogP contribution in [0.2, 0.25) is 0 Å². The van der Waals surface area contributed by atoms with Crippen molar-refractivity contribution in [1.29, 1.82) is 0 Å². The largest absolute Gasteiger partial charge is 0.347 e. The number of rotatable bonds is 7. The van der Waals surface area contributed by atoms with Crippen molar-refractivity contribution < 1.29 is 9.59 Å². The van der Waals surface area contributed by atoms with Gasteiger partial charge in [-0.2, -0.15) is 0 Å². The first kappa shape index (κ1) is 20.8. The van der Waals surface area contributed by atoms with Crippen molar-refractivity contribution in [3.63, 3.8) is 0 Å². The summed E-state index contributed by atoms with van der Waals surface area (Å²) < 4.78 is 0. The monoisotopic (exact) mass is 386 g/mol. The van der Waals surface area contributed by atoms with Gasteiger partial charge in [-0.15, -0.1) is 0 Å². The number of hydrogen-bond acceptors (Lipinski definition) is 4. The number of carbonyl (C=O) groups is 2. The van der Waals surface area contributed by atoms with Gasteiger partial charge in [0.05, 0.1) is 18.8 Å². The van der Waals surface area contributed by atoms with Crippen LogP contribution < -0.4 is 10.6 Å². The molecule has 0 bridgehead atoms. The zero-order chi connectivity index (χ0) is 19.6. The smallest absolute Gasteiger partial charge is 0.242 e. The van der Waals surface area contributed by atoms with E-state index in [9.17, 15) is 9.59 Å². The van der Waals surface area contributed by atoms with Gasteiger partial charge in [0.1, 0.15) is 0 Å². The third kappa shape index (κ3) is 6.59. The average molecular weight is 387 g/mol. The van der Waals surface area contributed by atoms with Gasteiger partial charge in [-0.05, 0) is 63.2 Å². The third-order valence-electron chi connectivity index (χ3n) is 6.00. The Morgan fingerprint density at radius 2 is 1.93 bits per heavy atom. The molecule has 2 aliphatic rings. The summed E-state index contributed by atoms with van der Waals surface area (Å²) in [6.07, 6.45) is 11.3. The maximum absolute atomic E-state index is 13.0. The molecule has 1 aromatic rings. The number of nitrogens with zero attached hydrogens (tertiary/aromatic N) is 2. The highest BCUT2D eigenvalue weighted by Crippen LogP contribution is 2.26. The molecule has 2 heterocycles. The molecule has 28 heavy (non-hydrogen) atoms. The van der Waals surface area contributed by atoms with E-state index in [1.54, 1.807) is 6.20 Å². The zero-order valence-corrected chi connectivity index (χ0v) is 16.9. The Hall–Kier alpha value is -1.95. The second-order valence-corrected chi connectivity index (χ2v) is 8.16. The van der Waals surface area contributed by atoms with Crippen LogP contribution in [0.15, 0.2) is 24.4 Å². The Kier molecular flexibility index (Phi) is 8.27. The van der Waals surface area contributed by atoms with Gasteiger partial charge in [0, 0.05) is 18.7 Å². The van der Waals surface area contributed by atoms with Gasteiger partial charge in [-0.3, -0.25) is 14.6 Å². The van der Waals surface area contributed by atoms with Gasteiger partial charge >= 0.3 is 0 Å². The predicted octanol–water partition coefficient (Wildman–Crippen LogP) is 2.64. The van der Waals surface area contributed by atoms with E-state index in [1.165, 1.54) is 19.3 Å². The second kappa shape index (κ2) is 11.1. The lowest BCUT2D eigenvalue weighted by molar-refractivity contribution is -0.136. The first-order valence-corrected chi connectivity index (χ1v) is 10.9. The van der Waals surface area contributed by atoms with Crippen molar-refractivity contribution in [3.8, 4) is 0 Å². The molecule has 1 atom stereocenters. The van der Waals surface area contributed by atoms with E-state index in [-0.39, 0.29) is 24.4 Å². The van der Waals surface area contributed by atoms with E-state index in [0.717, 1.165) is 50.9 Å². The Balaban J connectivity index is 1.56. The first-order valence-electron chi connectivity index (χ1n) is 10.9. The summed E-state index contributed by atoms with van der Waals surface area (Å²) in [5, 5.41) is 6.29. The van der Waals surface area contributed by atoms with Crippen LogP contribution in [-0.4, -0.2) is 47.4 Å². The number of amides is 2. The SMILES string of the molecule is O=C(CC1CCCCC1)NCC(=O)N(Cc1ccccn1)C1CCCNCC1. The fraction of sp³-hybridized carbons (Fsp3) is 0.682. The van der Waals surface area contributed by atoms with E-state index < -0.39 is 0 Å². The summed E-state index contributed by atoms with van der Waals surface area (Å²) in [6, 6.07) is 5.99. The number of nitrogens with one attached hydrogen (secondary N) is 2. The van der Waals surface area contributed by atoms with Gasteiger partial charge in [-0.1, -0.05) is 25.3 Å². The first-order chi connectivity index (χ1) is 13.7. The predicted molar refractivity (Wildman–Crippen MR) is 109 cm³/mol. The Labute approximate surface area is 168 Å². The van der Waals surface area contributed by atoms with Crippen LogP contribution in [0.4, 0.5) is 0 Å². The Morgan fingerprint density at radius 1 is 1.07 bits per heavy atom. The lowest BCUT2D eigenvalue weighted by atomic mass is 9.87. The van der Waals surface area contributed by atoms with Crippen LogP contribution in [0, 0.1) is 5.92 Å². The van der Waals surface area contributed by atoms with Crippen LogP contribution in [0.25, 0.3) is 0 Å². The molecule has 154 valence electrons. The molecule has 1 aliphatic heterocycles. The molecule has 0 spiro atoms. The van der Waals surface area contributed by atoms with Crippen LogP contribution in [0.5, 0.6) is 0 Å². The fourth-order valence-electron chi connectivity index (χ4n) is 4.40. The van der Waals surface area contributed by atoms with E-state index >= 15 is 0 Å². The lowest BCUT2D eigenvalue weighted by Crippen LogP contribution is -2.45. The van der Waals surface area contributed by atoms with Crippen LogP contribution in [0.1, 0.15) is 63.5 Å². The molecule has 6 nitrogen and oxygen atoms in total. The van der Waals surface area contributed by atoms with Crippen molar-refractivity contribution in [2.45, 2.75) is 70.4 Å². The zero-order valence-electron chi connectivity index (χ0n) is 16.9. The molecule has 1 aromatic heterocycles. The topological polar surface area (TPSA) is 74.3 Å². The minimum atomic E-state index is -0.00505. The summed E-state index contributed by atoms with van der Waals surface area (Å²) >= 11 is 0. The molecule has 0 aromatic carbocycles. The minimum absolute atomic E-state index is 0.00505. The van der Waals surface area contributed by atoms with Crippen molar-refractivity contribution in [2.24, 2.45) is 5.92 Å². The fourth-order valence-corrected chi connectivity index (χ4v) is 4.40. The molecular formula is C22H34N4O2. The third-order valence-corrected chi connectivity index (χ3v) is 6.00. The molecule has 6 heteroatoms. The maximum Gasteiger partial charge on any atom is 0.242 e. The van der Waals surface area contributed by atoms with Crippen molar-refractivity contribution >= 4 is 11.8 Å². The molecule has 2 amide bonds. The van der Waals surface area contributed by atoms with Gasteiger partial charge in [0.15, 0.2) is 0 Å². The Bertz CT molecular complexity index is 608. The molecule has 1 saturated carbocycles. The molecule has 2 fully saturated rings. The summed E-state index contributed by atoms with van der Waals surface area (Å²) in [5.74, 6) is 0.497. The highest BCUT2D eigenvalue weighted by molar-refractivity contribution is 5.85. The summed E-state index contributed by atoms with van der Waals surface area (Å²) in [6.45, 7) is 2.51. The van der Waals surface area contributed by atoms with Crippen molar-refractivity contribution in [3.05, 3.63) is 30.1 Å². The van der Waals surface area contributed by atoms with Crippen LogP contribution in [-0.2, 0) is 16.1 Å². The van der Waals surface area contributed by atoms with Gasteiger partial charge in [-0.25, -0.2) is 0 Å². The van der Waals surface area contributed by atoms with Crippen LogP contribution >= 0.6 is 0 Å². The van der Waals surface area contributed by atoms with Crippen molar-refractivity contribution in [1.82, 2.24) is 20.5 Å². The van der Waals surface area contributed by atoms with Gasteiger partial charge < -0.3 is 15.5 Å². The quantitative estimate of drug-likeness (QED) is 0.755. The Morgan fingerprint density at radius 3 is 2.71 bits per heavy atom. The number of hydrogen-bond donors (Lipinski definition) is 2. The highest BCUT2D eigenvalue weighted by atomic mass is 16.2. The molecule has 0 radical (unpaired) electrons. The molecule has 1 saturated heterocycles. The number of pyridine rings is 1. The molecule has 2 N–H and O–H groups in total. The van der Waals surface area contributed by atoms with E-state index in [1.807, 2.05) is 23.1 Å². The van der Waals surface area contributed by atoms with Crippen LogP contribution in [0.3, 0.4) is 0 Å². The lowest BCUT2D eigenvalue weighted by Gasteiger charge is -2.31. The molecule has 1 unspecified atom stereocenters. The normalized spacial score (nSPS) is 20.9. The van der Waals surface area contributed by atoms with Crippen molar-refractivity contribution in [2.75, 3.05) is 19.6 Å². The summed E-state index contributed by atoms with van der Waals surface area (Å²) in [5.41, 5.74) is 0.890.